The van der Waals surface area contributed by atoms with E-state index >= 15 is 0 Å². The molecule has 2 aromatic rings. The van der Waals surface area contributed by atoms with Crippen LogP contribution in [0.3, 0.4) is 0 Å². The van der Waals surface area contributed by atoms with Gasteiger partial charge in [0.2, 0.25) is 5.91 Å². The van der Waals surface area contributed by atoms with E-state index in [1.165, 1.54) is 6.08 Å². The summed E-state index contributed by atoms with van der Waals surface area (Å²) in [6.45, 7) is 2.99. The van der Waals surface area contributed by atoms with Crippen molar-refractivity contribution in [2.75, 3.05) is 26.2 Å². The maximum Gasteiger partial charge on any atom is 0.339 e. The molecule has 10 heteroatoms. The van der Waals surface area contributed by atoms with Gasteiger partial charge in [-0.25, -0.2) is 4.79 Å². The van der Waals surface area contributed by atoms with Crippen molar-refractivity contribution >= 4 is 52.5 Å². The van der Waals surface area contributed by atoms with Crippen LogP contribution in [0.15, 0.2) is 39.7 Å². The second-order valence-electron chi connectivity index (χ2n) is 7.47. The van der Waals surface area contributed by atoms with Crippen LogP contribution in [0.25, 0.3) is 17.4 Å². The Labute approximate surface area is 199 Å². The molecule has 0 spiro atoms. The molecule has 8 nitrogen and oxygen atoms in total. The van der Waals surface area contributed by atoms with Crippen molar-refractivity contribution in [1.29, 1.82) is 0 Å². The van der Waals surface area contributed by atoms with Crippen LogP contribution in [0, 0.1) is 0 Å². The smallest absolute Gasteiger partial charge is 0.339 e. The number of hydrogen-bond donors (Lipinski definition) is 0. The summed E-state index contributed by atoms with van der Waals surface area (Å²) >= 11 is 6.88. The van der Waals surface area contributed by atoms with Crippen molar-refractivity contribution in [3.8, 4) is 11.3 Å². The molecule has 2 aliphatic rings. The Morgan fingerprint density at radius 3 is 2.67 bits per heavy atom. The average Bonchev–Trinajstić information content (AvgIpc) is 3.53. The third-order valence-corrected chi connectivity index (χ3v) is 6.51. The Morgan fingerprint density at radius 1 is 1.18 bits per heavy atom. The fourth-order valence-corrected chi connectivity index (χ4v) is 4.61. The van der Waals surface area contributed by atoms with Gasteiger partial charge in [0.1, 0.15) is 18.1 Å². The Morgan fingerprint density at radius 2 is 1.94 bits per heavy atom. The average molecular weight is 489 g/mol. The van der Waals surface area contributed by atoms with Crippen LogP contribution in [-0.2, 0) is 14.3 Å². The normalized spacial score (nSPS) is 17.3. The summed E-state index contributed by atoms with van der Waals surface area (Å²) in [6, 6.07) is 8.18. The molecule has 0 radical (unpaired) electrons. The molecule has 3 heterocycles. The lowest BCUT2D eigenvalue weighted by Crippen LogP contribution is -2.40. The second kappa shape index (κ2) is 9.84. The summed E-state index contributed by atoms with van der Waals surface area (Å²) < 4.78 is 10.8. The molecule has 172 valence electrons. The number of imide groups is 1. The van der Waals surface area contributed by atoms with Crippen molar-refractivity contribution in [2.45, 2.75) is 19.8 Å². The number of rotatable bonds is 6. The van der Waals surface area contributed by atoms with Crippen LogP contribution in [0.5, 0.6) is 0 Å². The Hall–Kier alpha value is -3.04. The summed E-state index contributed by atoms with van der Waals surface area (Å²) in [5, 5.41) is -0.219. The van der Waals surface area contributed by atoms with Crippen molar-refractivity contribution in [2.24, 2.45) is 0 Å². The summed E-state index contributed by atoms with van der Waals surface area (Å²) in [6.07, 6.45) is 3.34. The number of halogens is 1. The molecular weight excluding hydrogens is 468 g/mol. The highest BCUT2D eigenvalue weighted by molar-refractivity contribution is 8.18. The van der Waals surface area contributed by atoms with Gasteiger partial charge >= 0.3 is 5.97 Å². The number of benzene rings is 1. The third kappa shape index (κ3) is 4.99. The molecule has 0 saturated carbocycles. The van der Waals surface area contributed by atoms with E-state index in [0.29, 0.717) is 30.2 Å². The van der Waals surface area contributed by atoms with Gasteiger partial charge in [0.25, 0.3) is 11.1 Å². The van der Waals surface area contributed by atoms with Gasteiger partial charge in [0.05, 0.1) is 22.1 Å². The summed E-state index contributed by atoms with van der Waals surface area (Å²) in [7, 11) is 0. The first-order valence-corrected chi connectivity index (χ1v) is 11.7. The number of carbonyl (C=O) groups excluding carboxylic acids is 4. The SMILES string of the molecule is CCOC(=O)c1cc(-c2ccc(/C=C3\SC(=O)N(CC(=O)N4CCCC4)C3=O)o2)ccc1Cl. The minimum atomic E-state index is -0.534. The molecule has 1 aromatic heterocycles. The fourth-order valence-electron chi connectivity index (χ4n) is 3.60. The van der Waals surface area contributed by atoms with E-state index in [-0.39, 0.29) is 34.6 Å². The highest BCUT2D eigenvalue weighted by Gasteiger charge is 2.37. The highest BCUT2D eigenvalue weighted by Crippen LogP contribution is 2.34. The first-order valence-electron chi connectivity index (χ1n) is 10.5. The molecule has 0 bridgehead atoms. The lowest BCUT2D eigenvalue weighted by Gasteiger charge is -2.18. The monoisotopic (exact) mass is 488 g/mol. The maximum absolute atomic E-state index is 12.7. The van der Waals surface area contributed by atoms with Crippen LogP contribution in [-0.4, -0.2) is 59.1 Å². The zero-order chi connectivity index (χ0) is 23.5. The maximum atomic E-state index is 12.7. The van der Waals surface area contributed by atoms with Crippen LogP contribution in [0.1, 0.15) is 35.9 Å². The minimum absolute atomic E-state index is 0.179. The number of furan rings is 1. The van der Waals surface area contributed by atoms with Gasteiger partial charge < -0.3 is 14.1 Å². The molecule has 0 atom stereocenters. The quantitative estimate of drug-likeness (QED) is 0.438. The molecule has 3 amide bonds. The zero-order valence-electron chi connectivity index (χ0n) is 17.8. The fraction of sp³-hybridized carbons (Fsp3) is 0.304. The first-order chi connectivity index (χ1) is 15.9. The number of esters is 1. The van der Waals surface area contributed by atoms with Crippen molar-refractivity contribution in [1.82, 2.24) is 9.80 Å². The number of nitrogens with zero attached hydrogens (tertiary/aromatic N) is 2. The standard InChI is InChI=1S/C23H21ClN2O6S/c1-2-31-22(29)16-11-14(5-7-17(16)24)18-8-6-15(32-18)12-19-21(28)26(23(30)33-19)13-20(27)25-9-3-4-10-25/h5-8,11-12H,2-4,9-10,13H2,1H3/b19-12-. The summed E-state index contributed by atoms with van der Waals surface area (Å²) in [5.74, 6) is -0.475. The van der Waals surface area contributed by atoms with Gasteiger partial charge in [-0.3, -0.25) is 19.3 Å². The van der Waals surface area contributed by atoms with Crippen LogP contribution in [0.2, 0.25) is 5.02 Å². The Kier molecular flexibility index (Phi) is 6.90. The zero-order valence-corrected chi connectivity index (χ0v) is 19.4. The van der Waals surface area contributed by atoms with Gasteiger partial charge in [-0.1, -0.05) is 11.6 Å². The van der Waals surface area contributed by atoms with Crippen molar-refractivity contribution in [3.05, 3.63) is 51.6 Å². The largest absolute Gasteiger partial charge is 0.462 e. The molecular formula is C23H21ClN2O6S. The molecule has 0 unspecified atom stereocenters. The molecule has 33 heavy (non-hydrogen) atoms. The first kappa shape index (κ1) is 23.1. The Balaban J connectivity index is 1.50. The van der Waals surface area contributed by atoms with Gasteiger partial charge in [-0.15, -0.1) is 0 Å². The van der Waals surface area contributed by atoms with Gasteiger partial charge in [-0.2, -0.15) is 0 Å². The highest BCUT2D eigenvalue weighted by atomic mass is 35.5. The molecule has 0 N–H and O–H groups in total. The third-order valence-electron chi connectivity index (χ3n) is 5.27. The van der Waals surface area contributed by atoms with E-state index < -0.39 is 17.1 Å². The number of hydrogen-bond acceptors (Lipinski definition) is 7. The van der Waals surface area contributed by atoms with Crippen LogP contribution < -0.4 is 0 Å². The predicted molar refractivity (Wildman–Crippen MR) is 124 cm³/mol. The molecule has 2 aliphatic heterocycles. The Bertz CT molecular complexity index is 1150. The number of amides is 3. The summed E-state index contributed by atoms with van der Waals surface area (Å²) in [4.78, 5) is 52.3. The van der Waals surface area contributed by atoms with Gasteiger partial charge in [0, 0.05) is 24.7 Å². The molecule has 2 fully saturated rings. The van der Waals surface area contributed by atoms with E-state index in [4.69, 9.17) is 20.8 Å². The van der Waals surface area contributed by atoms with E-state index in [9.17, 15) is 19.2 Å². The lowest BCUT2D eigenvalue weighted by atomic mass is 10.1. The second-order valence-corrected chi connectivity index (χ2v) is 8.87. The summed E-state index contributed by atoms with van der Waals surface area (Å²) in [5.41, 5.74) is 0.823. The van der Waals surface area contributed by atoms with E-state index in [2.05, 4.69) is 0 Å². The molecule has 1 aromatic carbocycles. The van der Waals surface area contributed by atoms with Crippen molar-refractivity contribution < 1.29 is 28.3 Å². The van der Waals surface area contributed by atoms with E-state index in [0.717, 1.165) is 29.5 Å². The van der Waals surface area contributed by atoms with Gasteiger partial charge in [-0.05, 0) is 61.9 Å². The van der Waals surface area contributed by atoms with Crippen LogP contribution in [0.4, 0.5) is 4.79 Å². The van der Waals surface area contributed by atoms with Crippen molar-refractivity contribution in [3.63, 3.8) is 0 Å². The number of ether oxygens (including phenoxy) is 1. The number of carbonyl (C=O) groups is 4. The molecule has 4 rings (SSSR count). The molecule has 0 aliphatic carbocycles. The van der Waals surface area contributed by atoms with Crippen LogP contribution >= 0.6 is 23.4 Å². The number of likely N-dealkylation sites (tertiary alicyclic amines) is 1. The van der Waals surface area contributed by atoms with Gasteiger partial charge in [0.15, 0.2) is 0 Å². The van der Waals surface area contributed by atoms with E-state index in [1.807, 2.05) is 0 Å². The topological polar surface area (TPSA) is 97.1 Å². The lowest BCUT2D eigenvalue weighted by molar-refractivity contribution is -0.135. The number of thioether (sulfide) groups is 1. The predicted octanol–water partition coefficient (Wildman–Crippen LogP) is 4.44. The minimum Gasteiger partial charge on any atom is -0.462 e. The van der Waals surface area contributed by atoms with E-state index in [1.54, 1.807) is 42.2 Å². The molecule has 2 saturated heterocycles.